The molecular formula is C15H23ClOS. The normalized spacial score (nSPS) is 15.4. The van der Waals surface area contributed by atoms with Gasteiger partial charge in [0, 0.05) is 16.1 Å². The fourth-order valence-corrected chi connectivity index (χ4v) is 3.41. The monoisotopic (exact) mass is 286 g/mol. The third-order valence-electron chi connectivity index (χ3n) is 3.06. The van der Waals surface area contributed by atoms with Crippen LogP contribution in [0.5, 0.6) is 0 Å². The van der Waals surface area contributed by atoms with Crippen LogP contribution in [0.25, 0.3) is 0 Å². The first-order valence-corrected chi connectivity index (χ1v) is 7.89. The molecule has 102 valence electrons. The molecule has 0 saturated heterocycles. The van der Waals surface area contributed by atoms with E-state index in [1.165, 1.54) is 4.90 Å². The molecule has 0 aromatic heterocycles. The molecule has 0 saturated carbocycles. The lowest BCUT2D eigenvalue weighted by Crippen LogP contribution is -2.38. The van der Waals surface area contributed by atoms with Crippen molar-refractivity contribution in [2.24, 2.45) is 5.41 Å². The molecule has 0 radical (unpaired) electrons. The van der Waals surface area contributed by atoms with Crippen LogP contribution in [-0.2, 0) is 0 Å². The molecule has 1 N–H and O–H groups in total. The van der Waals surface area contributed by atoms with E-state index >= 15 is 0 Å². The van der Waals surface area contributed by atoms with Crippen LogP contribution in [0.15, 0.2) is 35.2 Å². The van der Waals surface area contributed by atoms with Crippen molar-refractivity contribution in [1.29, 1.82) is 0 Å². The predicted octanol–water partition coefficient (Wildman–Crippen LogP) is 4.57. The summed E-state index contributed by atoms with van der Waals surface area (Å²) in [4.78, 5) is 1.24. The van der Waals surface area contributed by atoms with Crippen LogP contribution in [0.2, 0.25) is 0 Å². The van der Waals surface area contributed by atoms with Gasteiger partial charge in [0.1, 0.15) is 0 Å². The number of hydrogen-bond donors (Lipinski definition) is 1. The predicted molar refractivity (Wildman–Crippen MR) is 81.5 cm³/mol. The smallest absolute Gasteiger partial charge is 0.0762 e. The number of thioether (sulfide) groups is 1. The molecule has 2 atom stereocenters. The summed E-state index contributed by atoms with van der Waals surface area (Å²) in [6, 6.07) is 10.3. The molecule has 0 heterocycles. The first-order valence-electron chi connectivity index (χ1n) is 6.47. The van der Waals surface area contributed by atoms with Crippen molar-refractivity contribution in [2.75, 3.05) is 5.75 Å². The third kappa shape index (κ3) is 4.83. The fourth-order valence-electron chi connectivity index (χ4n) is 1.79. The Morgan fingerprint density at radius 3 is 2.44 bits per heavy atom. The molecule has 0 aliphatic heterocycles. The Labute approximate surface area is 120 Å². The number of alkyl halides is 1. The highest BCUT2D eigenvalue weighted by Crippen LogP contribution is 2.33. The molecule has 0 bridgehead atoms. The van der Waals surface area contributed by atoms with E-state index < -0.39 is 6.10 Å². The molecule has 0 aliphatic rings. The highest BCUT2D eigenvalue weighted by atomic mass is 35.5. The van der Waals surface area contributed by atoms with Gasteiger partial charge in [-0.2, -0.15) is 0 Å². The molecular weight excluding hydrogens is 264 g/mol. The minimum Gasteiger partial charge on any atom is -0.391 e. The average Bonchev–Trinajstić information content (AvgIpc) is 2.37. The lowest BCUT2D eigenvalue weighted by molar-refractivity contribution is 0.0604. The highest BCUT2D eigenvalue weighted by Gasteiger charge is 2.32. The van der Waals surface area contributed by atoms with Gasteiger partial charge in [0.25, 0.3) is 0 Å². The summed E-state index contributed by atoms with van der Waals surface area (Å²) in [6.45, 7) is 6.26. The second-order valence-corrected chi connectivity index (χ2v) is 6.95. The maximum Gasteiger partial charge on any atom is 0.0762 e. The maximum atomic E-state index is 10.3. The summed E-state index contributed by atoms with van der Waals surface area (Å²) < 4.78 is 0. The van der Waals surface area contributed by atoms with Gasteiger partial charge in [0.05, 0.1) is 11.5 Å². The lowest BCUT2D eigenvalue weighted by atomic mass is 9.85. The van der Waals surface area contributed by atoms with Crippen molar-refractivity contribution in [1.82, 2.24) is 0 Å². The lowest BCUT2D eigenvalue weighted by Gasteiger charge is -2.33. The van der Waals surface area contributed by atoms with Crippen LogP contribution in [0, 0.1) is 5.41 Å². The maximum absolute atomic E-state index is 10.3. The number of aliphatic hydroxyl groups excluding tert-OH is 1. The van der Waals surface area contributed by atoms with Gasteiger partial charge in [-0.3, -0.25) is 0 Å². The van der Waals surface area contributed by atoms with Crippen molar-refractivity contribution in [3.05, 3.63) is 30.3 Å². The Bertz CT molecular complexity index is 340. The Hall–Kier alpha value is -0.180. The fraction of sp³-hybridized carbons (Fsp3) is 0.600. The molecule has 0 fully saturated rings. The summed E-state index contributed by atoms with van der Waals surface area (Å²) in [5.74, 6) is 0.866. The van der Waals surface area contributed by atoms with Crippen LogP contribution in [0.4, 0.5) is 0 Å². The van der Waals surface area contributed by atoms with Gasteiger partial charge in [0.15, 0.2) is 0 Å². The van der Waals surface area contributed by atoms with Crippen molar-refractivity contribution in [3.8, 4) is 0 Å². The van der Waals surface area contributed by atoms with Gasteiger partial charge in [0.2, 0.25) is 0 Å². The third-order valence-corrected chi connectivity index (χ3v) is 5.01. The Kier molecular flexibility index (Phi) is 6.54. The van der Waals surface area contributed by atoms with Gasteiger partial charge in [-0.1, -0.05) is 45.4 Å². The van der Waals surface area contributed by atoms with Crippen LogP contribution >= 0.6 is 23.4 Å². The standard InChI is InChI=1S/C15H23ClOS/c1-4-8-13(16)14(17)15(2,3)11-18-12-9-6-5-7-10-12/h5-7,9-10,13-14,17H,4,8,11H2,1-3H3/t13-,14-/m1/s1. The topological polar surface area (TPSA) is 20.2 Å². The van der Waals surface area contributed by atoms with Crippen molar-refractivity contribution in [2.45, 2.75) is 50.0 Å². The molecule has 0 aliphatic carbocycles. The minimum absolute atomic E-state index is 0.152. The second-order valence-electron chi connectivity index (χ2n) is 5.34. The Morgan fingerprint density at radius 1 is 1.28 bits per heavy atom. The van der Waals surface area contributed by atoms with Gasteiger partial charge >= 0.3 is 0 Å². The minimum atomic E-state index is -0.463. The molecule has 18 heavy (non-hydrogen) atoms. The van der Waals surface area contributed by atoms with Crippen LogP contribution in [0.1, 0.15) is 33.6 Å². The molecule has 3 heteroatoms. The van der Waals surface area contributed by atoms with E-state index in [1.807, 2.05) is 18.2 Å². The number of benzene rings is 1. The SMILES string of the molecule is CCC[C@@H](Cl)[C@@H](O)C(C)(C)CSc1ccccc1. The first-order chi connectivity index (χ1) is 8.47. The summed E-state index contributed by atoms with van der Waals surface area (Å²) in [7, 11) is 0. The van der Waals surface area contributed by atoms with Gasteiger partial charge in [-0.25, -0.2) is 0 Å². The molecule has 0 spiro atoms. The van der Waals surface area contributed by atoms with E-state index in [-0.39, 0.29) is 10.8 Å². The number of hydrogen-bond acceptors (Lipinski definition) is 2. The highest BCUT2D eigenvalue weighted by molar-refractivity contribution is 7.99. The van der Waals surface area contributed by atoms with E-state index in [0.717, 1.165) is 18.6 Å². The molecule has 1 rings (SSSR count). The molecule has 0 amide bonds. The van der Waals surface area contributed by atoms with Gasteiger partial charge in [-0.05, 0) is 18.6 Å². The molecule has 1 aromatic carbocycles. The second kappa shape index (κ2) is 7.42. The molecule has 0 unspecified atom stereocenters. The molecule has 1 nitrogen and oxygen atoms in total. The average molecular weight is 287 g/mol. The zero-order valence-electron chi connectivity index (χ0n) is 11.4. The van der Waals surface area contributed by atoms with E-state index in [0.29, 0.717) is 0 Å². The van der Waals surface area contributed by atoms with E-state index in [4.69, 9.17) is 11.6 Å². The first kappa shape index (κ1) is 15.9. The summed E-state index contributed by atoms with van der Waals surface area (Å²) >= 11 is 8.01. The number of halogens is 1. The van der Waals surface area contributed by atoms with Gasteiger partial charge in [-0.15, -0.1) is 23.4 Å². The Morgan fingerprint density at radius 2 is 1.89 bits per heavy atom. The van der Waals surface area contributed by atoms with Crippen LogP contribution in [-0.4, -0.2) is 22.3 Å². The largest absolute Gasteiger partial charge is 0.391 e. The summed E-state index contributed by atoms with van der Waals surface area (Å²) in [6.07, 6.45) is 1.41. The zero-order chi connectivity index (χ0) is 13.6. The summed E-state index contributed by atoms with van der Waals surface area (Å²) in [5.41, 5.74) is -0.178. The van der Waals surface area contributed by atoms with E-state index in [2.05, 4.69) is 32.9 Å². The number of aliphatic hydroxyl groups is 1. The zero-order valence-corrected chi connectivity index (χ0v) is 13.0. The van der Waals surface area contributed by atoms with Gasteiger partial charge < -0.3 is 5.11 Å². The van der Waals surface area contributed by atoms with Crippen molar-refractivity contribution < 1.29 is 5.11 Å². The Balaban J connectivity index is 2.53. The van der Waals surface area contributed by atoms with E-state index in [9.17, 15) is 5.11 Å². The van der Waals surface area contributed by atoms with Crippen LogP contribution < -0.4 is 0 Å². The quantitative estimate of drug-likeness (QED) is 0.585. The number of rotatable bonds is 7. The van der Waals surface area contributed by atoms with Crippen molar-refractivity contribution >= 4 is 23.4 Å². The van der Waals surface area contributed by atoms with Crippen molar-refractivity contribution in [3.63, 3.8) is 0 Å². The van der Waals surface area contributed by atoms with E-state index in [1.54, 1.807) is 11.8 Å². The van der Waals surface area contributed by atoms with Crippen LogP contribution in [0.3, 0.4) is 0 Å². The molecule has 1 aromatic rings. The summed E-state index contributed by atoms with van der Waals surface area (Å²) in [5, 5.41) is 10.2.